The zero-order valence-corrected chi connectivity index (χ0v) is 9.27. The molecule has 0 rings (SSSR count). The maximum atomic E-state index is 11.1. The molecule has 1 atom stereocenters. The molecule has 0 aromatic heterocycles. The summed E-state index contributed by atoms with van der Waals surface area (Å²) in [5, 5.41) is 0. The maximum Gasteiger partial charge on any atom is 0.132 e. The number of hydrogen-bond acceptors (Lipinski definition) is 2. The van der Waals surface area contributed by atoms with Crippen LogP contribution in [0, 0.1) is 5.92 Å². The van der Waals surface area contributed by atoms with Gasteiger partial charge >= 0.3 is 0 Å². The molecule has 0 aliphatic heterocycles. The SMILES string of the molecule is CCOCCCC(CCCl)C(C)=O. The Kier molecular flexibility index (Phi) is 8.46. The van der Waals surface area contributed by atoms with Gasteiger partial charge in [0.15, 0.2) is 0 Å². The van der Waals surface area contributed by atoms with Gasteiger partial charge in [-0.05, 0) is 33.1 Å². The fraction of sp³-hybridized carbons (Fsp3) is 0.900. The summed E-state index contributed by atoms with van der Waals surface area (Å²) in [5.41, 5.74) is 0. The third-order valence-electron chi connectivity index (χ3n) is 2.08. The molecular formula is C10H19ClO2. The number of Topliss-reactive ketones (excluding diaryl/α,β-unsaturated/α-hetero) is 1. The smallest absolute Gasteiger partial charge is 0.132 e. The first-order valence-corrected chi connectivity index (χ1v) is 5.40. The molecule has 0 spiro atoms. The molecule has 0 saturated carbocycles. The van der Waals surface area contributed by atoms with E-state index >= 15 is 0 Å². The van der Waals surface area contributed by atoms with Crippen LogP contribution < -0.4 is 0 Å². The molecule has 0 aliphatic rings. The van der Waals surface area contributed by atoms with Gasteiger partial charge in [0.05, 0.1) is 0 Å². The summed E-state index contributed by atoms with van der Waals surface area (Å²) >= 11 is 5.60. The molecule has 2 nitrogen and oxygen atoms in total. The Morgan fingerprint density at radius 2 is 2.15 bits per heavy atom. The molecule has 0 fully saturated rings. The second kappa shape index (κ2) is 8.52. The molecule has 0 aromatic rings. The van der Waals surface area contributed by atoms with Gasteiger partial charge in [0.2, 0.25) is 0 Å². The molecule has 3 heteroatoms. The minimum atomic E-state index is 0.137. The number of halogens is 1. The molecule has 1 unspecified atom stereocenters. The van der Waals surface area contributed by atoms with Gasteiger partial charge in [-0.25, -0.2) is 0 Å². The average Bonchev–Trinajstić information content (AvgIpc) is 2.10. The van der Waals surface area contributed by atoms with Crippen LogP contribution in [0.2, 0.25) is 0 Å². The van der Waals surface area contributed by atoms with Crippen LogP contribution in [0.4, 0.5) is 0 Å². The highest BCUT2D eigenvalue weighted by molar-refractivity contribution is 6.18. The number of alkyl halides is 1. The van der Waals surface area contributed by atoms with E-state index in [1.54, 1.807) is 6.92 Å². The third-order valence-corrected chi connectivity index (χ3v) is 2.30. The number of ether oxygens (including phenoxy) is 1. The van der Waals surface area contributed by atoms with E-state index in [-0.39, 0.29) is 11.7 Å². The summed E-state index contributed by atoms with van der Waals surface area (Å²) in [6.45, 7) is 5.11. The van der Waals surface area contributed by atoms with Crippen LogP contribution in [0.25, 0.3) is 0 Å². The van der Waals surface area contributed by atoms with Crippen molar-refractivity contribution >= 4 is 17.4 Å². The van der Waals surface area contributed by atoms with Crippen LogP contribution >= 0.6 is 11.6 Å². The lowest BCUT2D eigenvalue weighted by Gasteiger charge is -2.11. The van der Waals surface area contributed by atoms with Gasteiger partial charge in [0.1, 0.15) is 5.78 Å². The van der Waals surface area contributed by atoms with Gasteiger partial charge in [-0.2, -0.15) is 0 Å². The van der Waals surface area contributed by atoms with E-state index < -0.39 is 0 Å². The van der Waals surface area contributed by atoms with Crippen molar-refractivity contribution in [2.75, 3.05) is 19.1 Å². The molecule has 0 radical (unpaired) electrons. The highest BCUT2D eigenvalue weighted by Gasteiger charge is 2.12. The van der Waals surface area contributed by atoms with Crippen LogP contribution in [-0.2, 0) is 9.53 Å². The van der Waals surface area contributed by atoms with E-state index in [9.17, 15) is 4.79 Å². The van der Waals surface area contributed by atoms with Crippen molar-refractivity contribution in [1.82, 2.24) is 0 Å². The first kappa shape index (κ1) is 12.9. The van der Waals surface area contributed by atoms with Crippen LogP contribution in [0.3, 0.4) is 0 Å². The maximum absolute atomic E-state index is 11.1. The molecule has 0 amide bonds. The van der Waals surface area contributed by atoms with Gasteiger partial charge in [-0.1, -0.05) is 0 Å². The van der Waals surface area contributed by atoms with Crippen LogP contribution in [0.15, 0.2) is 0 Å². The van der Waals surface area contributed by atoms with Crippen molar-refractivity contribution in [2.45, 2.75) is 33.1 Å². The fourth-order valence-corrected chi connectivity index (χ4v) is 1.52. The molecule has 78 valence electrons. The van der Waals surface area contributed by atoms with E-state index in [1.807, 2.05) is 6.92 Å². The van der Waals surface area contributed by atoms with E-state index in [0.29, 0.717) is 5.88 Å². The van der Waals surface area contributed by atoms with Crippen molar-refractivity contribution in [2.24, 2.45) is 5.92 Å². The van der Waals surface area contributed by atoms with Gasteiger partial charge in [0, 0.05) is 25.0 Å². The van der Waals surface area contributed by atoms with E-state index in [2.05, 4.69) is 0 Å². The molecule has 0 N–H and O–H groups in total. The minimum Gasteiger partial charge on any atom is -0.382 e. The average molecular weight is 207 g/mol. The van der Waals surface area contributed by atoms with Crippen molar-refractivity contribution in [3.05, 3.63) is 0 Å². The largest absolute Gasteiger partial charge is 0.382 e. The topological polar surface area (TPSA) is 26.3 Å². The summed E-state index contributed by atoms with van der Waals surface area (Å²) in [5.74, 6) is 0.953. The van der Waals surface area contributed by atoms with Crippen molar-refractivity contribution in [3.8, 4) is 0 Å². The molecule has 0 heterocycles. The highest BCUT2D eigenvalue weighted by Crippen LogP contribution is 2.13. The lowest BCUT2D eigenvalue weighted by molar-refractivity contribution is -0.121. The Balaban J connectivity index is 3.51. The van der Waals surface area contributed by atoms with Crippen molar-refractivity contribution < 1.29 is 9.53 Å². The monoisotopic (exact) mass is 206 g/mol. The second-order valence-corrected chi connectivity index (χ2v) is 3.50. The molecule has 0 aromatic carbocycles. The van der Waals surface area contributed by atoms with Crippen molar-refractivity contribution in [1.29, 1.82) is 0 Å². The number of carbonyl (C=O) groups is 1. The van der Waals surface area contributed by atoms with E-state index in [4.69, 9.17) is 16.3 Å². The minimum absolute atomic E-state index is 0.137. The predicted molar refractivity (Wildman–Crippen MR) is 55.2 cm³/mol. The zero-order valence-electron chi connectivity index (χ0n) is 8.51. The lowest BCUT2D eigenvalue weighted by Crippen LogP contribution is -2.12. The number of ketones is 1. The molecule has 0 saturated heterocycles. The van der Waals surface area contributed by atoms with E-state index in [0.717, 1.165) is 32.5 Å². The lowest BCUT2D eigenvalue weighted by atomic mass is 9.97. The van der Waals surface area contributed by atoms with Gasteiger partial charge in [-0.3, -0.25) is 4.79 Å². The van der Waals surface area contributed by atoms with Crippen LogP contribution in [0.5, 0.6) is 0 Å². The van der Waals surface area contributed by atoms with Crippen molar-refractivity contribution in [3.63, 3.8) is 0 Å². The third kappa shape index (κ3) is 7.03. The summed E-state index contributed by atoms with van der Waals surface area (Å²) in [7, 11) is 0. The van der Waals surface area contributed by atoms with Gasteiger partial charge in [0.25, 0.3) is 0 Å². The highest BCUT2D eigenvalue weighted by atomic mass is 35.5. The summed E-state index contributed by atoms with van der Waals surface area (Å²) in [6, 6.07) is 0. The normalized spacial score (nSPS) is 12.8. The fourth-order valence-electron chi connectivity index (χ4n) is 1.26. The Hall–Kier alpha value is -0.0800. The Labute approximate surface area is 85.6 Å². The number of hydrogen-bond donors (Lipinski definition) is 0. The number of rotatable bonds is 8. The first-order valence-electron chi connectivity index (χ1n) is 4.86. The van der Waals surface area contributed by atoms with Crippen LogP contribution in [-0.4, -0.2) is 24.9 Å². The Morgan fingerprint density at radius 3 is 2.62 bits per heavy atom. The van der Waals surface area contributed by atoms with Gasteiger partial charge in [-0.15, -0.1) is 11.6 Å². The molecule has 0 bridgehead atoms. The summed E-state index contributed by atoms with van der Waals surface area (Å²) in [6.07, 6.45) is 2.65. The quantitative estimate of drug-likeness (QED) is 0.451. The Morgan fingerprint density at radius 1 is 1.46 bits per heavy atom. The predicted octanol–water partition coefficient (Wildman–Crippen LogP) is 2.64. The standard InChI is InChI=1S/C10H19ClO2/c1-3-13-8-4-5-10(6-7-11)9(2)12/h10H,3-8H2,1-2H3. The molecule has 13 heavy (non-hydrogen) atoms. The zero-order chi connectivity index (χ0) is 10.1. The second-order valence-electron chi connectivity index (χ2n) is 3.12. The Bertz CT molecular complexity index is 137. The number of carbonyl (C=O) groups excluding carboxylic acids is 1. The van der Waals surface area contributed by atoms with Gasteiger partial charge < -0.3 is 4.74 Å². The molecule has 0 aliphatic carbocycles. The van der Waals surface area contributed by atoms with Crippen LogP contribution in [0.1, 0.15) is 33.1 Å². The van der Waals surface area contributed by atoms with E-state index in [1.165, 1.54) is 0 Å². The first-order chi connectivity index (χ1) is 6.22. The summed E-state index contributed by atoms with van der Waals surface area (Å²) < 4.78 is 5.20. The molecular weight excluding hydrogens is 188 g/mol. The summed E-state index contributed by atoms with van der Waals surface area (Å²) in [4.78, 5) is 11.1.